The second-order valence-electron chi connectivity index (χ2n) is 4.54. The van der Waals surface area contributed by atoms with Crippen LogP contribution in [0, 0.1) is 0 Å². The summed E-state index contributed by atoms with van der Waals surface area (Å²) in [7, 11) is -17.6. The Morgan fingerprint density at radius 1 is 0.625 bits per heavy atom. The lowest BCUT2D eigenvalue weighted by Gasteiger charge is -2.49. The predicted octanol–water partition coefficient (Wildman–Crippen LogP) is -6.64. The fourth-order valence-corrected chi connectivity index (χ4v) is 3.63. The molecule has 0 amide bonds. The molecule has 0 aromatic carbocycles. The number of aliphatic hydroxyl groups excluding tert-OH is 3. The smallest absolute Gasteiger partial charge is 0.265 e. The van der Waals surface area contributed by atoms with Crippen molar-refractivity contribution >= 4 is 23.5 Å². The first kappa shape index (κ1) is 22.3. The molecule has 24 heavy (non-hydrogen) atoms. The van der Waals surface area contributed by atoms with Gasteiger partial charge < -0.3 is 67.4 Å². The minimum atomic E-state index is -5.94. The van der Waals surface area contributed by atoms with Crippen LogP contribution < -0.4 is 24.5 Å². The van der Waals surface area contributed by atoms with Crippen LogP contribution in [0.25, 0.3) is 0 Å². The summed E-state index contributed by atoms with van der Waals surface area (Å²) in [6.07, 6.45) is -15.4. The zero-order valence-electron chi connectivity index (χ0n) is 11.1. The molecule has 0 saturated heterocycles. The van der Waals surface area contributed by atoms with E-state index in [1.54, 1.807) is 0 Å². The number of aliphatic hydroxyl groups is 3. The summed E-state index contributed by atoms with van der Waals surface area (Å²) in [4.78, 5) is 61.7. The molecule has 1 fully saturated rings. The normalized spacial score (nSPS) is 37.9. The van der Waals surface area contributed by atoms with Gasteiger partial charge in [0.05, 0.1) is 15.6 Å². The quantitative estimate of drug-likeness (QED) is 0.293. The largest absolute Gasteiger partial charge is 0.790 e. The van der Waals surface area contributed by atoms with Gasteiger partial charge in [-0.25, -0.2) is 0 Å². The van der Waals surface area contributed by atoms with Crippen LogP contribution >= 0.6 is 23.5 Å². The number of hydrogen-bond acceptors (Lipinski definition) is 14. The van der Waals surface area contributed by atoms with Gasteiger partial charge in [-0.05, 0) is 0 Å². The molecule has 0 bridgehead atoms. The maximum absolute atomic E-state index is 10.7. The molecule has 1 aliphatic carbocycles. The van der Waals surface area contributed by atoms with Gasteiger partial charge in [0.2, 0.25) is 0 Å². The fraction of sp³-hybridized carbons (Fsp3) is 1.00. The van der Waals surface area contributed by atoms with Crippen molar-refractivity contribution in [3.63, 3.8) is 0 Å². The highest BCUT2D eigenvalue weighted by Gasteiger charge is 2.53. The summed E-state index contributed by atoms with van der Waals surface area (Å²) in [6.45, 7) is 0. The number of phosphoric acid groups is 3. The van der Waals surface area contributed by atoms with E-state index < -0.39 is 60.1 Å². The molecule has 18 heteroatoms. The van der Waals surface area contributed by atoms with Gasteiger partial charge in [0, 0.05) is 0 Å². The minimum absolute atomic E-state index is 2.52. The second-order valence-corrected chi connectivity index (χ2v) is 7.90. The van der Waals surface area contributed by atoms with Gasteiger partial charge in [0.1, 0.15) is 36.6 Å². The van der Waals surface area contributed by atoms with E-state index in [0.717, 1.165) is 0 Å². The molecule has 0 aromatic heterocycles. The Hall–Kier alpha value is 0.210. The molecule has 0 spiro atoms. The molecule has 0 heterocycles. The molecule has 1 saturated carbocycles. The third kappa shape index (κ3) is 6.50. The molecule has 144 valence electrons. The van der Waals surface area contributed by atoms with E-state index in [4.69, 9.17) is 4.89 Å². The van der Waals surface area contributed by atoms with Crippen LogP contribution in [-0.2, 0) is 27.3 Å². The van der Waals surface area contributed by atoms with Crippen molar-refractivity contribution < 1.29 is 71.9 Å². The van der Waals surface area contributed by atoms with Gasteiger partial charge >= 0.3 is 0 Å². The van der Waals surface area contributed by atoms with Gasteiger partial charge in [0.15, 0.2) is 0 Å². The molecule has 0 aliphatic heterocycles. The van der Waals surface area contributed by atoms with E-state index in [1.807, 2.05) is 0 Å². The highest BCUT2D eigenvalue weighted by molar-refractivity contribution is 7.44. The van der Waals surface area contributed by atoms with Crippen LogP contribution in [-0.4, -0.2) is 56.8 Å². The van der Waals surface area contributed by atoms with Crippen LogP contribution in [0.2, 0.25) is 0 Å². The second kappa shape index (κ2) is 7.45. The molecule has 1 rings (SSSR count). The first-order valence-corrected chi connectivity index (χ1v) is 10.1. The van der Waals surface area contributed by atoms with E-state index in [9.17, 15) is 53.5 Å². The zero-order chi connectivity index (χ0) is 19.1. The predicted molar refractivity (Wildman–Crippen MR) is 57.7 cm³/mol. The Balaban J connectivity index is 3.23. The third-order valence-corrected chi connectivity index (χ3v) is 4.29. The van der Waals surface area contributed by atoms with E-state index in [-0.39, 0.29) is 0 Å². The van der Waals surface area contributed by atoms with E-state index in [1.165, 1.54) is 0 Å². The van der Waals surface area contributed by atoms with Crippen molar-refractivity contribution in [1.29, 1.82) is 0 Å². The molecular weight excluding hydrogens is 405 g/mol. The average molecular weight is 415 g/mol. The third-order valence-electron chi connectivity index (χ3n) is 2.78. The molecule has 0 radical (unpaired) electrons. The van der Waals surface area contributed by atoms with Crippen molar-refractivity contribution in [2.75, 3.05) is 0 Å². The lowest BCUT2D eigenvalue weighted by molar-refractivity contribution is -0.363. The Labute approximate surface area is 133 Å². The highest BCUT2D eigenvalue weighted by Crippen LogP contribution is 2.44. The molecule has 15 nitrogen and oxygen atoms in total. The first-order valence-electron chi connectivity index (χ1n) is 5.69. The van der Waals surface area contributed by atoms with Crippen LogP contribution in [0.5, 0.6) is 0 Å². The van der Waals surface area contributed by atoms with Gasteiger partial charge in [0.25, 0.3) is 7.82 Å². The van der Waals surface area contributed by atoms with E-state index in [0.29, 0.717) is 0 Å². The summed E-state index contributed by atoms with van der Waals surface area (Å²) in [6, 6.07) is 0. The summed E-state index contributed by atoms with van der Waals surface area (Å²) in [5, 5.41) is 29.0. The summed E-state index contributed by atoms with van der Waals surface area (Å²) in [5.41, 5.74) is 0. The number of phosphoric ester groups is 3. The van der Waals surface area contributed by atoms with Crippen molar-refractivity contribution in [3.05, 3.63) is 0 Å². The van der Waals surface area contributed by atoms with Crippen LogP contribution in [0.4, 0.5) is 0 Å². The van der Waals surface area contributed by atoms with Crippen molar-refractivity contribution in [2.24, 2.45) is 0 Å². The molecule has 4 N–H and O–H groups in total. The van der Waals surface area contributed by atoms with E-state index >= 15 is 0 Å². The van der Waals surface area contributed by atoms with Gasteiger partial charge in [-0.3, -0.25) is 4.57 Å². The van der Waals surface area contributed by atoms with Gasteiger partial charge in [-0.1, -0.05) is 0 Å². The maximum atomic E-state index is 10.7. The van der Waals surface area contributed by atoms with Crippen LogP contribution in [0.1, 0.15) is 0 Å². The highest BCUT2D eigenvalue weighted by atomic mass is 31.2. The van der Waals surface area contributed by atoms with Crippen LogP contribution in [0.15, 0.2) is 0 Å². The summed E-state index contributed by atoms with van der Waals surface area (Å²) < 4.78 is 43.3. The Morgan fingerprint density at radius 3 is 1.33 bits per heavy atom. The topological polar surface area (TPSA) is 275 Å². The van der Waals surface area contributed by atoms with Crippen molar-refractivity contribution in [3.8, 4) is 0 Å². The molecule has 7 atom stereocenters. The Kier molecular flexibility index (Phi) is 6.90. The average Bonchev–Trinajstić information content (AvgIpc) is 2.32. The standard InChI is InChI=1S/C6H15O15P3/c7-1-2(8)5(20-23(13,14)15)6(21-24(16,17)18)3(9)4(1)19-22(10,11)12/h1-9H,(H2,10,11,12)(H2,13,14,15)(H2,16,17,18)/p-5. The maximum Gasteiger partial charge on any atom is 0.265 e. The van der Waals surface area contributed by atoms with Crippen molar-refractivity contribution in [2.45, 2.75) is 36.6 Å². The number of rotatable bonds is 6. The fourth-order valence-electron chi connectivity index (χ4n) is 1.99. The lowest BCUT2D eigenvalue weighted by atomic mass is 9.85. The molecule has 1 aliphatic rings. The van der Waals surface area contributed by atoms with E-state index in [2.05, 4.69) is 13.6 Å². The molecule has 0 aromatic rings. The SMILES string of the molecule is O=P([O-])([O-])OC1C(O)C(O)C(OP(=O)([O-])[O-])C(OP(=O)([O-])O)C1O. The van der Waals surface area contributed by atoms with Crippen LogP contribution in [0.3, 0.4) is 0 Å². The van der Waals surface area contributed by atoms with Gasteiger partial charge in [-0.15, -0.1) is 0 Å². The first-order chi connectivity index (χ1) is 10.5. The molecule has 7 unspecified atom stereocenters. The number of hydrogen-bond donors (Lipinski definition) is 4. The molecular formula is C6H10O15P3-5. The summed E-state index contributed by atoms with van der Waals surface area (Å²) >= 11 is 0. The monoisotopic (exact) mass is 415 g/mol. The Morgan fingerprint density at radius 2 is 0.958 bits per heavy atom. The zero-order valence-corrected chi connectivity index (χ0v) is 13.8. The van der Waals surface area contributed by atoms with Crippen molar-refractivity contribution in [1.82, 2.24) is 0 Å². The summed E-state index contributed by atoms with van der Waals surface area (Å²) in [5.74, 6) is 0. The Bertz CT molecular complexity index is 574. The van der Waals surface area contributed by atoms with Gasteiger partial charge in [-0.2, -0.15) is 0 Å². The lowest BCUT2D eigenvalue weighted by Crippen LogP contribution is -2.65. The minimum Gasteiger partial charge on any atom is -0.790 e.